The Morgan fingerprint density at radius 3 is 3.25 bits per heavy atom. The van der Waals surface area contributed by atoms with Crippen molar-refractivity contribution < 1.29 is 9.53 Å². The topological polar surface area (TPSA) is 56.2 Å². The van der Waals surface area contributed by atoms with Crippen LogP contribution in [0, 0.1) is 5.92 Å². The van der Waals surface area contributed by atoms with E-state index in [4.69, 9.17) is 4.74 Å². The van der Waals surface area contributed by atoms with Crippen LogP contribution in [-0.2, 0) is 9.53 Å². The Balaban J connectivity index is 1.66. The largest absolute Gasteiger partial charge is 0.381 e. The summed E-state index contributed by atoms with van der Waals surface area (Å²) in [4.78, 5) is 12.1. The molecule has 1 aliphatic rings. The summed E-state index contributed by atoms with van der Waals surface area (Å²) in [6, 6.07) is 4.01. The van der Waals surface area contributed by atoms with Gasteiger partial charge >= 0.3 is 0 Å². The van der Waals surface area contributed by atoms with E-state index in [9.17, 15) is 4.79 Å². The first-order chi connectivity index (χ1) is 9.84. The molecule has 2 aromatic heterocycles. The van der Waals surface area contributed by atoms with Crippen LogP contribution in [0.4, 0.5) is 0 Å². The number of nitrogens with one attached hydrogen (secondary N) is 1. The number of hydrogen-bond acceptors (Lipinski definition) is 4. The van der Waals surface area contributed by atoms with Gasteiger partial charge in [-0.05, 0) is 34.9 Å². The van der Waals surface area contributed by atoms with E-state index in [1.807, 2.05) is 22.3 Å². The van der Waals surface area contributed by atoms with E-state index in [2.05, 4.69) is 21.9 Å². The van der Waals surface area contributed by atoms with Crippen LogP contribution in [0.2, 0.25) is 0 Å². The Morgan fingerprint density at radius 1 is 1.65 bits per heavy atom. The lowest BCUT2D eigenvalue weighted by Gasteiger charge is -2.18. The third-order valence-electron chi connectivity index (χ3n) is 3.54. The van der Waals surface area contributed by atoms with Crippen LogP contribution in [0.3, 0.4) is 0 Å². The standard InChI is InChI=1S/C14H17N3O2S/c18-14(11-2-6-19-9-11)15-8-13(12-3-7-20-10-12)17-5-1-4-16-17/h1,3-5,7,10-11,13H,2,6,8-9H2,(H,15,18)/t11-,13-/m0/s1. The number of nitrogens with zero attached hydrogens (tertiary/aromatic N) is 2. The molecule has 6 heteroatoms. The quantitative estimate of drug-likeness (QED) is 0.912. The number of rotatable bonds is 5. The number of amides is 1. The Kier molecular flexibility index (Phi) is 4.13. The highest BCUT2D eigenvalue weighted by molar-refractivity contribution is 7.07. The molecule has 1 N–H and O–H groups in total. The van der Waals surface area contributed by atoms with Crippen molar-refractivity contribution in [3.63, 3.8) is 0 Å². The maximum atomic E-state index is 12.1. The number of ether oxygens (including phenoxy) is 1. The summed E-state index contributed by atoms with van der Waals surface area (Å²) in [5.74, 6) is 0.0747. The van der Waals surface area contributed by atoms with Crippen molar-refractivity contribution >= 4 is 17.2 Å². The van der Waals surface area contributed by atoms with Gasteiger partial charge in [0.2, 0.25) is 5.91 Å². The molecule has 2 aromatic rings. The van der Waals surface area contributed by atoms with Gasteiger partial charge in [0.1, 0.15) is 0 Å². The molecule has 1 amide bonds. The lowest BCUT2D eigenvalue weighted by Crippen LogP contribution is -2.35. The number of thiophene rings is 1. The molecule has 1 aliphatic heterocycles. The second-order valence-corrected chi connectivity index (χ2v) is 5.64. The molecule has 1 saturated heterocycles. The Hall–Kier alpha value is -1.66. The van der Waals surface area contributed by atoms with Crippen molar-refractivity contribution in [2.75, 3.05) is 19.8 Å². The predicted molar refractivity (Wildman–Crippen MR) is 76.6 cm³/mol. The maximum absolute atomic E-state index is 12.1. The summed E-state index contributed by atoms with van der Waals surface area (Å²) < 4.78 is 7.14. The molecule has 3 rings (SSSR count). The molecular formula is C14H17N3O2S. The molecule has 0 saturated carbocycles. The van der Waals surface area contributed by atoms with Crippen LogP contribution in [0.15, 0.2) is 35.3 Å². The van der Waals surface area contributed by atoms with Crippen LogP contribution in [0.25, 0.3) is 0 Å². The van der Waals surface area contributed by atoms with Gasteiger partial charge in [-0.25, -0.2) is 0 Å². The van der Waals surface area contributed by atoms with E-state index in [1.54, 1.807) is 17.5 Å². The van der Waals surface area contributed by atoms with Gasteiger partial charge in [-0.15, -0.1) is 0 Å². The molecule has 2 atom stereocenters. The van der Waals surface area contributed by atoms with Gasteiger partial charge in [0.15, 0.2) is 0 Å². The molecule has 5 nitrogen and oxygen atoms in total. The van der Waals surface area contributed by atoms with E-state index in [0.29, 0.717) is 19.8 Å². The first kappa shape index (κ1) is 13.3. The summed E-state index contributed by atoms with van der Waals surface area (Å²) in [6.07, 6.45) is 4.50. The lowest BCUT2D eigenvalue weighted by molar-refractivity contribution is -0.125. The van der Waals surface area contributed by atoms with Crippen LogP contribution in [0.5, 0.6) is 0 Å². The van der Waals surface area contributed by atoms with Crippen molar-refractivity contribution in [1.29, 1.82) is 0 Å². The molecular weight excluding hydrogens is 274 g/mol. The normalized spacial score (nSPS) is 19.9. The van der Waals surface area contributed by atoms with Gasteiger partial charge in [0, 0.05) is 25.5 Å². The van der Waals surface area contributed by atoms with Crippen molar-refractivity contribution in [2.45, 2.75) is 12.5 Å². The third kappa shape index (κ3) is 2.91. The molecule has 0 spiro atoms. The molecule has 3 heterocycles. The first-order valence-corrected chi connectivity index (χ1v) is 7.65. The van der Waals surface area contributed by atoms with E-state index in [-0.39, 0.29) is 17.9 Å². The van der Waals surface area contributed by atoms with Gasteiger partial charge in [0.25, 0.3) is 0 Å². The van der Waals surface area contributed by atoms with Gasteiger partial charge < -0.3 is 10.1 Å². The first-order valence-electron chi connectivity index (χ1n) is 6.71. The average molecular weight is 291 g/mol. The smallest absolute Gasteiger partial charge is 0.225 e. The summed E-state index contributed by atoms with van der Waals surface area (Å²) in [5.41, 5.74) is 1.17. The number of hydrogen-bond donors (Lipinski definition) is 1. The molecule has 106 valence electrons. The summed E-state index contributed by atoms with van der Waals surface area (Å²) in [7, 11) is 0. The monoisotopic (exact) mass is 291 g/mol. The predicted octanol–water partition coefficient (Wildman–Crippen LogP) is 1.69. The second-order valence-electron chi connectivity index (χ2n) is 4.86. The van der Waals surface area contributed by atoms with Crippen molar-refractivity contribution in [1.82, 2.24) is 15.1 Å². The van der Waals surface area contributed by atoms with E-state index in [0.717, 1.165) is 6.42 Å². The maximum Gasteiger partial charge on any atom is 0.225 e. The van der Waals surface area contributed by atoms with Crippen LogP contribution < -0.4 is 5.32 Å². The van der Waals surface area contributed by atoms with Crippen molar-refractivity contribution in [2.24, 2.45) is 5.92 Å². The van der Waals surface area contributed by atoms with Crippen LogP contribution in [0.1, 0.15) is 18.0 Å². The highest BCUT2D eigenvalue weighted by Crippen LogP contribution is 2.20. The van der Waals surface area contributed by atoms with Gasteiger partial charge in [-0.3, -0.25) is 9.48 Å². The van der Waals surface area contributed by atoms with Crippen molar-refractivity contribution in [3.05, 3.63) is 40.8 Å². The van der Waals surface area contributed by atoms with Crippen LogP contribution >= 0.6 is 11.3 Å². The Labute approximate surface area is 121 Å². The number of carbonyl (C=O) groups is 1. The minimum atomic E-state index is -0.00394. The zero-order valence-corrected chi connectivity index (χ0v) is 11.9. The summed E-state index contributed by atoms with van der Waals surface area (Å²) in [5, 5.41) is 11.5. The minimum Gasteiger partial charge on any atom is -0.381 e. The zero-order valence-electron chi connectivity index (χ0n) is 11.1. The minimum absolute atomic E-state index is 0.00394. The fourth-order valence-electron chi connectivity index (χ4n) is 2.38. The van der Waals surface area contributed by atoms with E-state index < -0.39 is 0 Å². The molecule has 0 aromatic carbocycles. The fourth-order valence-corrected chi connectivity index (χ4v) is 3.08. The molecule has 0 aliphatic carbocycles. The van der Waals surface area contributed by atoms with E-state index in [1.165, 1.54) is 5.56 Å². The number of aromatic nitrogens is 2. The second kappa shape index (κ2) is 6.19. The molecule has 0 radical (unpaired) electrons. The Morgan fingerprint density at radius 2 is 2.60 bits per heavy atom. The van der Waals surface area contributed by atoms with Gasteiger partial charge in [-0.2, -0.15) is 16.4 Å². The average Bonchev–Trinajstić information content (AvgIpc) is 3.22. The summed E-state index contributed by atoms with van der Waals surface area (Å²) >= 11 is 1.65. The SMILES string of the molecule is O=C(NC[C@@H](c1ccsc1)n1cccn1)[C@H]1CCOC1. The fraction of sp³-hybridized carbons (Fsp3) is 0.429. The molecule has 0 unspecified atom stereocenters. The van der Waals surface area contributed by atoms with Gasteiger partial charge in [-0.1, -0.05) is 0 Å². The number of carbonyl (C=O) groups excluding carboxylic acids is 1. The van der Waals surface area contributed by atoms with E-state index >= 15 is 0 Å². The molecule has 0 bridgehead atoms. The van der Waals surface area contributed by atoms with Crippen molar-refractivity contribution in [3.8, 4) is 0 Å². The summed E-state index contributed by atoms with van der Waals surface area (Å²) in [6.45, 7) is 1.77. The van der Waals surface area contributed by atoms with Gasteiger partial charge in [0.05, 0.1) is 18.6 Å². The van der Waals surface area contributed by atoms with Crippen LogP contribution in [-0.4, -0.2) is 35.4 Å². The molecule has 20 heavy (non-hydrogen) atoms. The third-order valence-corrected chi connectivity index (χ3v) is 4.24. The zero-order chi connectivity index (χ0) is 13.8. The highest BCUT2D eigenvalue weighted by Gasteiger charge is 2.24. The lowest BCUT2D eigenvalue weighted by atomic mass is 10.1. The Bertz CT molecular complexity index is 499. The highest BCUT2D eigenvalue weighted by atomic mass is 32.1. The molecule has 1 fully saturated rings.